The predicted octanol–water partition coefficient (Wildman–Crippen LogP) is 5.99. The van der Waals surface area contributed by atoms with Crippen LogP contribution in [0, 0.1) is 11.8 Å². The van der Waals surface area contributed by atoms with Crippen LogP contribution < -0.4 is 20.1 Å². The lowest BCUT2D eigenvalue weighted by molar-refractivity contribution is -0.156. The number of anilines is 1. The Morgan fingerprint density at radius 1 is 1.02 bits per heavy atom. The minimum atomic E-state index is -0.885. The molecule has 264 valence electrons. The van der Waals surface area contributed by atoms with Gasteiger partial charge in [0.05, 0.1) is 38.5 Å². The summed E-state index contributed by atoms with van der Waals surface area (Å²) in [7, 11) is 4.67. The maximum absolute atomic E-state index is 13.2. The Hall–Kier alpha value is -3.89. The molecule has 1 aromatic rings. The third kappa shape index (κ3) is 11.7. The highest BCUT2D eigenvalue weighted by molar-refractivity contribution is 5.93. The number of methoxy groups -OCH3 is 3. The van der Waals surface area contributed by atoms with Crippen molar-refractivity contribution in [2.45, 2.75) is 103 Å². The number of benzene rings is 1. The molecule has 2 aliphatic rings. The molecule has 0 radical (unpaired) electrons. The van der Waals surface area contributed by atoms with E-state index in [2.05, 4.69) is 10.6 Å². The van der Waals surface area contributed by atoms with Crippen LogP contribution in [0.1, 0.15) is 77.7 Å². The summed E-state index contributed by atoms with van der Waals surface area (Å²) in [6.45, 7) is 5.36. The number of aliphatic hydroxyl groups excluding tert-OH is 1. The maximum Gasteiger partial charge on any atom is 0.328 e. The SMILES string of the molecule is COc1cc2c(OC)c(c1)NC(=O)CC(OC)\C=C/C=C/C=C/CC(OC(=O)[C@H](C)NC(=O)C1CCCCC1)C(C)C(O)/C(C)=C/CC2. The van der Waals surface area contributed by atoms with Crippen molar-refractivity contribution in [1.29, 1.82) is 0 Å². The zero-order valence-electron chi connectivity index (χ0n) is 29.3. The molecule has 0 aromatic heterocycles. The molecule has 3 rings (SSSR count). The van der Waals surface area contributed by atoms with Gasteiger partial charge in [0.15, 0.2) is 0 Å². The normalized spacial score (nSPS) is 27.1. The summed E-state index contributed by atoms with van der Waals surface area (Å²) < 4.78 is 22.7. The van der Waals surface area contributed by atoms with Gasteiger partial charge >= 0.3 is 5.97 Å². The molecule has 3 N–H and O–H groups in total. The Labute approximate surface area is 285 Å². The third-order valence-electron chi connectivity index (χ3n) is 9.09. The van der Waals surface area contributed by atoms with Crippen molar-refractivity contribution in [3.63, 3.8) is 0 Å². The lowest BCUT2D eigenvalue weighted by Crippen LogP contribution is -2.45. The van der Waals surface area contributed by atoms with E-state index in [1.54, 1.807) is 46.5 Å². The molecule has 2 amide bonds. The van der Waals surface area contributed by atoms with Gasteiger partial charge in [-0.3, -0.25) is 9.59 Å². The first-order chi connectivity index (χ1) is 23.1. The monoisotopic (exact) mass is 666 g/mol. The topological polar surface area (TPSA) is 132 Å². The fourth-order valence-corrected chi connectivity index (χ4v) is 6.09. The van der Waals surface area contributed by atoms with Crippen molar-refractivity contribution >= 4 is 23.5 Å². The van der Waals surface area contributed by atoms with Crippen molar-refractivity contribution in [2.24, 2.45) is 11.8 Å². The largest absolute Gasteiger partial charge is 0.497 e. The molecule has 1 saturated carbocycles. The first-order valence-corrected chi connectivity index (χ1v) is 17.0. The Bertz CT molecular complexity index is 1340. The predicted molar refractivity (Wildman–Crippen MR) is 187 cm³/mol. The fourth-order valence-electron chi connectivity index (χ4n) is 6.09. The van der Waals surface area contributed by atoms with Gasteiger partial charge in [-0.15, -0.1) is 0 Å². The Kier molecular flexibility index (Phi) is 15.9. The second kappa shape index (κ2) is 19.8. The number of rotatable bonds is 7. The molecule has 1 aliphatic heterocycles. The molecule has 0 saturated heterocycles. The molecule has 1 heterocycles. The fraction of sp³-hybridized carbons (Fsp3) is 0.553. The van der Waals surface area contributed by atoms with Crippen LogP contribution in [0.4, 0.5) is 5.69 Å². The van der Waals surface area contributed by atoms with E-state index in [0.717, 1.165) is 43.2 Å². The van der Waals surface area contributed by atoms with Gasteiger partial charge in [-0.2, -0.15) is 0 Å². The highest BCUT2D eigenvalue weighted by atomic mass is 16.5. The average Bonchev–Trinajstić information content (AvgIpc) is 3.08. The highest BCUT2D eigenvalue weighted by Crippen LogP contribution is 2.35. The number of aliphatic hydroxyl groups is 1. The number of aryl methyl sites for hydroxylation is 1. The lowest BCUT2D eigenvalue weighted by atomic mass is 9.88. The zero-order chi connectivity index (χ0) is 35.1. The molecule has 10 heteroatoms. The van der Waals surface area contributed by atoms with Crippen LogP contribution in [-0.4, -0.2) is 68.6 Å². The van der Waals surface area contributed by atoms with Crippen molar-refractivity contribution in [3.05, 3.63) is 65.8 Å². The zero-order valence-corrected chi connectivity index (χ0v) is 29.3. The highest BCUT2D eigenvalue weighted by Gasteiger charge is 2.31. The quantitative estimate of drug-likeness (QED) is 0.239. The van der Waals surface area contributed by atoms with E-state index in [-0.39, 0.29) is 24.2 Å². The number of amides is 2. The lowest BCUT2D eigenvalue weighted by Gasteiger charge is -2.29. The van der Waals surface area contributed by atoms with Crippen LogP contribution in [0.15, 0.2) is 60.2 Å². The first kappa shape index (κ1) is 38.6. The molecule has 1 aliphatic carbocycles. The number of fused-ring (bicyclic) bond motifs is 2. The molecule has 48 heavy (non-hydrogen) atoms. The van der Waals surface area contributed by atoms with Crippen molar-refractivity contribution in [1.82, 2.24) is 5.32 Å². The Morgan fingerprint density at radius 2 is 1.75 bits per heavy atom. The van der Waals surface area contributed by atoms with Crippen LogP contribution in [0.3, 0.4) is 0 Å². The van der Waals surface area contributed by atoms with Gasteiger partial charge in [0.25, 0.3) is 0 Å². The summed E-state index contributed by atoms with van der Waals surface area (Å²) in [5.74, 6) is -0.281. The molecule has 10 nitrogen and oxygen atoms in total. The summed E-state index contributed by atoms with van der Waals surface area (Å²) in [5.41, 5.74) is 2.07. The molecule has 0 spiro atoms. The van der Waals surface area contributed by atoms with Crippen LogP contribution in [0.2, 0.25) is 0 Å². The number of esters is 1. The number of nitrogens with one attached hydrogen (secondary N) is 2. The summed E-state index contributed by atoms with van der Waals surface area (Å²) in [4.78, 5) is 39.0. The van der Waals surface area contributed by atoms with E-state index in [1.807, 2.05) is 50.3 Å². The summed E-state index contributed by atoms with van der Waals surface area (Å²) in [5, 5.41) is 17.2. The summed E-state index contributed by atoms with van der Waals surface area (Å²) in [6.07, 6.45) is 17.4. The van der Waals surface area contributed by atoms with E-state index < -0.39 is 36.2 Å². The van der Waals surface area contributed by atoms with Crippen LogP contribution in [0.5, 0.6) is 11.5 Å². The molecule has 1 fully saturated rings. The summed E-state index contributed by atoms with van der Waals surface area (Å²) >= 11 is 0. The Balaban J connectivity index is 1.86. The van der Waals surface area contributed by atoms with Gasteiger partial charge in [-0.1, -0.05) is 68.7 Å². The number of ether oxygens (including phenoxy) is 4. The van der Waals surface area contributed by atoms with Crippen molar-refractivity contribution < 1.29 is 38.4 Å². The van der Waals surface area contributed by atoms with Gasteiger partial charge in [-0.25, -0.2) is 4.79 Å². The molecule has 1 aromatic carbocycles. The van der Waals surface area contributed by atoms with Crippen LogP contribution in [-0.2, 0) is 30.3 Å². The second-order valence-corrected chi connectivity index (χ2v) is 12.7. The number of hydrogen-bond acceptors (Lipinski definition) is 8. The van der Waals surface area contributed by atoms with E-state index in [4.69, 9.17) is 18.9 Å². The van der Waals surface area contributed by atoms with Crippen LogP contribution in [0.25, 0.3) is 0 Å². The molecular weight excluding hydrogens is 612 g/mol. The van der Waals surface area contributed by atoms with Gasteiger partial charge < -0.3 is 34.7 Å². The van der Waals surface area contributed by atoms with Gasteiger partial charge in [-0.05, 0) is 51.2 Å². The summed E-state index contributed by atoms with van der Waals surface area (Å²) in [6, 6.07) is 2.78. The smallest absolute Gasteiger partial charge is 0.328 e. The van der Waals surface area contributed by atoms with E-state index in [1.165, 1.54) is 0 Å². The van der Waals surface area contributed by atoms with E-state index in [0.29, 0.717) is 36.4 Å². The molecular formula is C38H54N2O8. The first-order valence-electron chi connectivity index (χ1n) is 17.0. The number of allylic oxidation sites excluding steroid dienone is 5. The van der Waals surface area contributed by atoms with Gasteiger partial charge in [0.1, 0.15) is 23.6 Å². The van der Waals surface area contributed by atoms with Gasteiger partial charge in [0.2, 0.25) is 11.8 Å². The van der Waals surface area contributed by atoms with Crippen molar-refractivity contribution in [2.75, 3.05) is 26.6 Å². The molecule has 2 bridgehead atoms. The van der Waals surface area contributed by atoms with E-state index in [9.17, 15) is 19.5 Å². The third-order valence-corrected chi connectivity index (χ3v) is 9.09. The van der Waals surface area contributed by atoms with Crippen LogP contribution >= 0.6 is 0 Å². The van der Waals surface area contributed by atoms with Crippen molar-refractivity contribution in [3.8, 4) is 11.5 Å². The number of carbonyl (C=O) groups is 3. The minimum Gasteiger partial charge on any atom is -0.497 e. The standard InChI is InChI=1S/C38H54N2O8/c1-25-16-15-19-29-22-31(46-5)23-32(36(29)47-6)40-34(41)24-30(45-4)20-13-8-7-9-14-21-33(26(2)35(25)42)48-38(44)27(3)39-37(43)28-17-11-10-12-18-28/h7-9,13-14,16,20,22-23,26-28,30,33,35,42H,10-12,15,17-19,21,24H2,1-6H3,(H,39,43)(H,40,41)/b8-7+,14-9+,20-13-,25-16+/t26?,27-,30?,33?,35?/m0/s1. The second-order valence-electron chi connectivity index (χ2n) is 12.7. The van der Waals surface area contributed by atoms with E-state index >= 15 is 0 Å². The Morgan fingerprint density at radius 3 is 2.44 bits per heavy atom. The molecule has 4 unspecified atom stereocenters. The maximum atomic E-state index is 13.2. The minimum absolute atomic E-state index is 0.0695. The average molecular weight is 667 g/mol. The van der Waals surface area contributed by atoms with Gasteiger partial charge in [0, 0.05) is 37.0 Å². The number of carbonyl (C=O) groups excluding carboxylic acids is 3. The number of hydrogen-bond donors (Lipinski definition) is 3. The molecule has 5 atom stereocenters.